The first-order valence-corrected chi connectivity index (χ1v) is 7.00. The molecule has 0 fully saturated rings. The summed E-state index contributed by atoms with van der Waals surface area (Å²) in [6.45, 7) is 9.79. The van der Waals surface area contributed by atoms with Gasteiger partial charge in [-0.3, -0.25) is 0 Å². The van der Waals surface area contributed by atoms with Crippen LogP contribution in [0.3, 0.4) is 0 Å². The third kappa shape index (κ3) is 4.33. The maximum atomic E-state index is 4.73. The first-order valence-electron chi connectivity index (χ1n) is 7.00. The average molecular weight is 252 g/mol. The summed E-state index contributed by atoms with van der Waals surface area (Å²) >= 11 is 0. The first-order chi connectivity index (χ1) is 8.58. The third-order valence-corrected chi connectivity index (χ3v) is 2.99. The molecule has 0 saturated carbocycles. The van der Waals surface area contributed by atoms with Crippen molar-refractivity contribution in [1.29, 1.82) is 0 Å². The van der Waals surface area contributed by atoms with Gasteiger partial charge in [-0.15, -0.1) is 0 Å². The summed E-state index contributed by atoms with van der Waals surface area (Å²) < 4.78 is 2.29. The van der Waals surface area contributed by atoms with E-state index in [1.807, 2.05) is 7.05 Å². The van der Waals surface area contributed by atoms with Crippen LogP contribution in [0.25, 0.3) is 0 Å². The molecule has 18 heavy (non-hydrogen) atoms. The number of imidazole rings is 1. The molecule has 1 aromatic rings. The van der Waals surface area contributed by atoms with E-state index in [1.54, 1.807) is 0 Å². The van der Waals surface area contributed by atoms with Crippen molar-refractivity contribution in [2.24, 2.45) is 5.92 Å². The predicted octanol–water partition coefficient (Wildman–Crippen LogP) is 2.15. The number of nitrogens with one attached hydrogen (secondary N) is 1. The van der Waals surface area contributed by atoms with E-state index in [2.05, 4.69) is 48.8 Å². The topological polar surface area (TPSA) is 33.1 Å². The van der Waals surface area contributed by atoms with E-state index in [4.69, 9.17) is 4.98 Å². The molecule has 0 amide bonds. The number of aryl methyl sites for hydroxylation is 1. The number of hydrogen-bond donors (Lipinski definition) is 1. The minimum Gasteiger partial charge on any atom is -0.345 e. The normalized spacial score (nSPS) is 11.2. The Balaban J connectivity index is 2.74. The number of nitrogens with zero attached hydrogens (tertiary/aromatic N) is 3. The molecule has 104 valence electrons. The fraction of sp³-hybridized carbons (Fsp3) is 0.786. The summed E-state index contributed by atoms with van der Waals surface area (Å²) in [7, 11) is 4.13. The molecule has 0 bridgehead atoms. The van der Waals surface area contributed by atoms with Gasteiger partial charge in [-0.25, -0.2) is 4.98 Å². The summed E-state index contributed by atoms with van der Waals surface area (Å²) in [5, 5.41) is 3.18. The minimum atomic E-state index is 0.647. The second kappa shape index (κ2) is 7.41. The average Bonchev–Trinajstić information content (AvgIpc) is 2.71. The van der Waals surface area contributed by atoms with Crippen molar-refractivity contribution in [3.8, 4) is 0 Å². The summed E-state index contributed by atoms with van der Waals surface area (Å²) in [6, 6.07) is 0. The van der Waals surface area contributed by atoms with Gasteiger partial charge >= 0.3 is 0 Å². The van der Waals surface area contributed by atoms with Gasteiger partial charge in [0.2, 0.25) is 5.95 Å². The van der Waals surface area contributed by atoms with Gasteiger partial charge in [-0.1, -0.05) is 20.8 Å². The van der Waals surface area contributed by atoms with E-state index in [1.165, 1.54) is 5.69 Å². The van der Waals surface area contributed by atoms with Gasteiger partial charge in [0.15, 0.2) is 0 Å². The van der Waals surface area contributed by atoms with Crippen molar-refractivity contribution >= 4 is 5.95 Å². The Hall–Kier alpha value is -1.03. The van der Waals surface area contributed by atoms with E-state index >= 15 is 0 Å². The van der Waals surface area contributed by atoms with Crippen molar-refractivity contribution in [2.45, 2.75) is 40.2 Å². The van der Waals surface area contributed by atoms with E-state index in [9.17, 15) is 0 Å². The van der Waals surface area contributed by atoms with Gasteiger partial charge in [0.25, 0.3) is 0 Å². The lowest BCUT2D eigenvalue weighted by molar-refractivity contribution is 0.519. The van der Waals surface area contributed by atoms with Crippen LogP contribution >= 0.6 is 0 Å². The van der Waals surface area contributed by atoms with Gasteiger partial charge < -0.3 is 14.8 Å². The van der Waals surface area contributed by atoms with Gasteiger partial charge in [-0.2, -0.15) is 0 Å². The number of anilines is 1. The highest BCUT2D eigenvalue weighted by molar-refractivity contribution is 5.32. The molecule has 1 aromatic heterocycles. The van der Waals surface area contributed by atoms with Crippen LogP contribution in [0.5, 0.6) is 0 Å². The van der Waals surface area contributed by atoms with Crippen LogP contribution in [0.4, 0.5) is 5.95 Å². The van der Waals surface area contributed by atoms with Crippen LogP contribution in [0.15, 0.2) is 6.20 Å². The SMILES string of the molecule is CCc1cn(CC(C)C)c(N(C)CCCNC)n1. The molecule has 0 aliphatic heterocycles. The Morgan fingerprint density at radius 3 is 2.72 bits per heavy atom. The molecule has 0 aliphatic rings. The maximum absolute atomic E-state index is 4.73. The number of rotatable bonds is 8. The molecule has 0 atom stereocenters. The first kappa shape index (κ1) is 15.0. The lowest BCUT2D eigenvalue weighted by Crippen LogP contribution is -2.25. The number of aromatic nitrogens is 2. The van der Waals surface area contributed by atoms with Crippen LogP contribution in [-0.4, -0.2) is 36.7 Å². The molecule has 0 saturated heterocycles. The molecular weight excluding hydrogens is 224 g/mol. The molecule has 0 unspecified atom stereocenters. The Morgan fingerprint density at radius 2 is 2.17 bits per heavy atom. The molecule has 0 aromatic carbocycles. The lowest BCUT2D eigenvalue weighted by atomic mass is 10.2. The smallest absolute Gasteiger partial charge is 0.205 e. The van der Waals surface area contributed by atoms with E-state index < -0.39 is 0 Å². The molecular formula is C14H28N4. The Kier molecular flexibility index (Phi) is 6.19. The minimum absolute atomic E-state index is 0.647. The highest BCUT2D eigenvalue weighted by atomic mass is 15.3. The lowest BCUT2D eigenvalue weighted by Gasteiger charge is -2.20. The number of hydrogen-bond acceptors (Lipinski definition) is 3. The Labute approximate surface area is 111 Å². The third-order valence-electron chi connectivity index (χ3n) is 2.99. The largest absolute Gasteiger partial charge is 0.345 e. The molecule has 0 aliphatic carbocycles. The van der Waals surface area contributed by atoms with Crippen LogP contribution in [-0.2, 0) is 13.0 Å². The zero-order valence-electron chi connectivity index (χ0n) is 12.5. The summed E-state index contributed by atoms with van der Waals surface area (Å²) in [4.78, 5) is 6.99. The van der Waals surface area contributed by atoms with Crippen molar-refractivity contribution < 1.29 is 0 Å². The fourth-order valence-corrected chi connectivity index (χ4v) is 2.05. The van der Waals surface area contributed by atoms with Gasteiger partial charge in [0.1, 0.15) is 0 Å². The van der Waals surface area contributed by atoms with E-state index in [0.29, 0.717) is 5.92 Å². The quantitative estimate of drug-likeness (QED) is 0.720. The molecule has 1 rings (SSSR count). The Morgan fingerprint density at radius 1 is 1.44 bits per heavy atom. The molecule has 0 radical (unpaired) electrons. The molecule has 1 heterocycles. The van der Waals surface area contributed by atoms with Crippen molar-refractivity contribution in [2.75, 3.05) is 32.1 Å². The summed E-state index contributed by atoms with van der Waals surface area (Å²) in [5.41, 5.74) is 1.19. The second-order valence-electron chi connectivity index (χ2n) is 5.31. The highest BCUT2D eigenvalue weighted by Crippen LogP contribution is 2.16. The van der Waals surface area contributed by atoms with Gasteiger partial charge in [0.05, 0.1) is 5.69 Å². The monoisotopic (exact) mass is 252 g/mol. The molecule has 1 N–H and O–H groups in total. The molecule has 0 spiro atoms. The van der Waals surface area contributed by atoms with Gasteiger partial charge in [0, 0.05) is 26.3 Å². The summed E-state index contributed by atoms with van der Waals surface area (Å²) in [6.07, 6.45) is 4.34. The van der Waals surface area contributed by atoms with Gasteiger partial charge in [-0.05, 0) is 32.4 Å². The van der Waals surface area contributed by atoms with Crippen molar-refractivity contribution in [1.82, 2.24) is 14.9 Å². The van der Waals surface area contributed by atoms with Crippen LogP contribution in [0.2, 0.25) is 0 Å². The zero-order valence-corrected chi connectivity index (χ0v) is 12.5. The molecule has 4 heteroatoms. The zero-order chi connectivity index (χ0) is 13.5. The summed E-state index contributed by atoms with van der Waals surface area (Å²) in [5.74, 6) is 1.75. The van der Waals surface area contributed by atoms with Crippen molar-refractivity contribution in [3.63, 3.8) is 0 Å². The van der Waals surface area contributed by atoms with E-state index in [-0.39, 0.29) is 0 Å². The Bertz CT molecular complexity index is 344. The van der Waals surface area contributed by atoms with E-state index in [0.717, 1.165) is 38.4 Å². The maximum Gasteiger partial charge on any atom is 0.205 e. The van der Waals surface area contributed by atoms with Crippen LogP contribution in [0.1, 0.15) is 32.9 Å². The van der Waals surface area contributed by atoms with Crippen molar-refractivity contribution in [3.05, 3.63) is 11.9 Å². The predicted molar refractivity (Wildman–Crippen MR) is 78.3 cm³/mol. The molecule has 4 nitrogen and oxygen atoms in total. The highest BCUT2D eigenvalue weighted by Gasteiger charge is 2.12. The van der Waals surface area contributed by atoms with Crippen LogP contribution < -0.4 is 10.2 Å². The second-order valence-corrected chi connectivity index (χ2v) is 5.31. The fourth-order valence-electron chi connectivity index (χ4n) is 2.05. The standard InChI is InChI=1S/C14H28N4/c1-6-13-11-18(10-12(2)3)14(16-13)17(5)9-7-8-15-4/h11-12,15H,6-10H2,1-5H3. The van der Waals surface area contributed by atoms with Crippen LogP contribution in [0, 0.1) is 5.92 Å².